The van der Waals surface area contributed by atoms with Crippen LogP contribution in [0, 0.1) is 0 Å². The highest BCUT2D eigenvalue weighted by atomic mass is 16.5. The number of ether oxygens (including phenoxy) is 3. The lowest BCUT2D eigenvalue weighted by molar-refractivity contribution is 0.105. The number of nitrogens with zero attached hydrogens (tertiary/aromatic N) is 1. The van der Waals surface area contributed by atoms with Gasteiger partial charge in [-0.25, -0.2) is 0 Å². The van der Waals surface area contributed by atoms with Crippen LogP contribution in [0.1, 0.15) is 35.4 Å². The molecule has 0 aliphatic carbocycles. The number of hydrogen-bond acceptors (Lipinski definition) is 5. The lowest BCUT2D eigenvalue weighted by Crippen LogP contribution is -2.48. The van der Waals surface area contributed by atoms with E-state index < -0.39 is 0 Å². The molecule has 5 rings (SSSR count). The molecule has 39 heavy (non-hydrogen) atoms. The van der Waals surface area contributed by atoms with Gasteiger partial charge in [0.25, 0.3) is 0 Å². The van der Waals surface area contributed by atoms with Crippen molar-refractivity contribution in [1.29, 1.82) is 0 Å². The summed E-state index contributed by atoms with van der Waals surface area (Å²) in [6, 6.07) is 32.6. The average Bonchev–Trinajstić information content (AvgIpc) is 2.99. The minimum atomic E-state index is 0.442. The van der Waals surface area contributed by atoms with Crippen LogP contribution in [0.15, 0.2) is 91.0 Å². The molecule has 1 saturated heterocycles. The maximum Gasteiger partial charge on any atom is 0.124 e. The molecule has 5 heteroatoms. The molecule has 1 aliphatic heterocycles. The third-order valence-electron chi connectivity index (χ3n) is 7.72. The van der Waals surface area contributed by atoms with E-state index in [1.165, 1.54) is 21.9 Å². The van der Waals surface area contributed by atoms with E-state index in [1.54, 1.807) is 7.11 Å². The second-order valence-electron chi connectivity index (χ2n) is 10.4. The van der Waals surface area contributed by atoms with Gasteiger partial charge in [-0.05, 0) is 66.2 Å². The van der Waals surface area contributed by atoms with Gasteiger partial charge >= 0.3 is 0 Å². The number of para-hydroxylation sites is 1. The molecule has 5 nitrogen and oxygen atoms in total. The first kappa shape index (κ1) is 27.2. The molecule has 1 heterocycles. The Morgan fingerprint density at radius 3 is 2.51 bits per heavy atom. The zero-order valence-corrected chi connectivity index (χ0v) is 23.1. The number of fused-ring (bicyclic) bond motifs is 1. The number of benzene rings is 4. The molecular weight excluding hydrogens is 484 g/mol. The van der Waals surface area contributed by atoms with Crippen molar-refractivity contribution in [2.24, 2.45) is 0 Å². The smallest absolute Gasteiger partial charge is 0.124 e. The standard InChI is InChI=1S/C34H40N2O3/c1-36(24-26-12-13-27-8-3-4-9-29(27)22-26)33-23-35-19-18-32(33)28-14-16-31(17-15-28)39-21-7-20-38-25-30-10-5-6-11-34(30)37-2/h3-6,8-17,22,32-33,35H,7,18-21,23-25H2,1-2H3. The predicted molar refractivity (Wildman–Crippen MR) is 159 cm³/mol. The maximum absolute atomic E-state index is 6.01. The molecule has 0 saturated carbocycles. The van der Waals surface area contributed by atoms with E-state index in [0.29, 0.717) is 31.8 Å². The molecule has 0 bridgehead atoms. The number of methoxy groups -OCH3 is 1. The quantitative estimate of drug-likeness (QED) is 0.217. The first-order chi connectivity index (χ1) is 19.2. The van der Waals surface area contributed by atoms with E-state index in [0.717, 1.165) is 49.5 Å². The van der Waals surface area contributed by atoms with E-state index in [4.69, 9.17) is 14.2 Å². The van der Waals surface area contributed by atoms with E-state index >= 15 is 0 Å². The summed E-state index contributed by atoms with van der Waals surface area (Å²) in [5.74, 6) is 2.28. The van der Waals surface area contributed by atoms with E-state index in [2.05, 4.69) is 84.0 Å². The third kappa shape index (κ3) is 7.18. The molecule has 0 spiro atoms. The van der Waals surface area contributed by atoms with Crippen molar-refractivity contribution >= 4 is 10.8 Å². The van der Waals surface area contributed by atoms with Gasteiger partial charge in [-0.1, -0.05) is 66.7 Å². The Kier molecular flexibility index (Phi) is 9.49. The highest BCUT2D eigenvalue weighted by Gasteiger charge is 2.29. The van der Waals surface area contributed by atoms with Gasteiger partial charge < -0.3 is 19.5 Å². The van der Waals surface area contributed by atoms with Crippen LogP contribution in [0.3, 0.4) is 0 Å². The Labute approximate surface area is 232 Å². The SMILES string of the molecule is COc1ccccc1COCCCOc1ccc(C2CCNCC2N(C)Cc2ccc3ccccc3c2)cc1. The number of rotatable bonds is 12. The Balaban J connectivity index is 1.11. The average molecular weight is 525 g/mol. The summed E-state index contributed by atoms with van der Waals surface area (Å²) in [5.41, 5.74) is 3.81. The van der Waals surface area contributed by atoms with Crippen molar-refractivity contribution in [3.05, 3.63) is 108 Å². The minimum absolute atomic E-state index is 0.442. The summed E-state index contributed by atoms with van der Waals surface area (Å²) in [6.07, 6.45) is 1.98. The summed E-state index contributed by atoms with van der Waals surface area (Å²) in [4.78, 5) is 2.51. The van der Waals surface area contributed by atoms with Crippen molar-refractivity contribution in [2.75, 3.05) is 40.5 Å². The van der Waals surface area contributed by atoms with Gasteiger partial charge in [-0.2, -0.15) is 0 Å². The molecule has 1 fully saturated rings. The van der Waals surface area contributed by atoms with Crippen LogP contribution in [-0.2, 0) is 17.9 Å². The summed E-state index contributed by atoms with van der Waals surface area (Å²) in [6.45, 7) is 4.82. The molecule has 204 valence electrons. The van der Waals surface area contributed by atoms with Gasteiger partial charge in [0.1, 0.15) is 11.5 Å². The largest absolute Gasteiger partial charge is 0.496 e. The zero-order chi connectivity index (χ0) is 26.9. The minimum Gasteiger partial charge on any atom is -0.496 e. The van der Waals surface area contributed by atoms with Crippen LogP contribution in [0.4, 0.5) is 0 Å². The van der Waals surface area contributed by atoms with Gasteiger partial charge in [0.05, 0.1) is 26.9 Å². The van der Waals surface area contributed by atoms with Gasteiger partial charge in [0.2, 0.25) is 0 Å². The third-order valence-corrected chi connectivity index (χ3v) is 7.72. The van der Waals surface area contributed by atoms with Crippen molar-refractivity contribution in [3.63, 3.8) is 0 Å². The lowest BCUT2D eigenvalue weighted by Gasteiger charge is -2.39. The van der Waals surface area contributed by atoms with Crippen molar-refractivity contribution in [1.82, 2.24) is 10.2 Å². The Hall–Kier alpha value is -3.38. The fraction of sp³-hybridized carbons (Fsp3) is 0.353. The summed E-state index contributed by atoms with van der Waals surface area (Å²) in [5, 5.41) is 6.22. The van der Waals surface area contributed by atoms with Crippen LogP contribution in [0.2, 0.25) is 0 Å². The maximum atomic E-state index is 6.01. The van der Waals surface area contributed by atoms with E-state index in [1.807, 2.05) is 24.3 Å². The molecule has 0 radical (unpaired) electrons. The van der Waals surface area contributed by atoms with Gasteiger partial charge in [0, 0.05) is 37.0 Å². The number of likely N-dealkylation sites (N-methyl/N-ethyl adjacent to an activating group) is 1. The molecule has 1 N–H and O–H groups in total. The van der Waals surface area contributed by atoms with E-state index in [-0.39, 0.29) is 0 Å². The lowest BCUT2D eigenvalue weighted by atomic mass is 9.85. The van der Waals surface area contributed by atoms with Crippen LogP contribution in [-0.4, -0.2) is 51.4 Å². The first-order valence-electron chi connectivity index (χ1n) is 14.0. The molecular formula is C34H40N2O3. The van der Waals surface area contributed by atoms with Crippen molar-refractivity contribution < 1.29 is 14.2 Å². The molecule has 0 amide bonds. The fourth-order valence-corrected chi connectivity index (χ4v) is 5.60. The molecule has 2 unspecified atom stereocenters. The highest BCUT2D eigenvalue weighted by Crippen LogP contribution is 2.31. The Bertz CT molecular complexity index is 1320. The van der Waals surface area contributed by atoms with Crippen molar-refractivity contribution in [2.45, 2.75) is 38.0 Å². The summed E-state index contributed by atoms with van der Waals surface area (Å²) in [7, 11) is 3.95. The second kappa shape index (κ2) is 13.6. The van der Waals surface area contributed by atoms with Crippen LogP contribution < -0.4 is 14.8 Å². The van der Waals surface area contributed by atoms with Gasteiger partial charge in [-0.15, -0.1) is 0 Å². The Morgan fingerprint density at radius 1 is 0.872 bits per heavy atom. The van der Waals surface area contributed by atoms with Crippen LogP contribution >= 0.6 is 0 Å². The van der Waals surface area contributed by atoms with Crippen molar-refractivity contribution in [3.8, 4) is 11.5 Å². The van der Waals surface area contributed by atoms with Crippen LogP contribution in [0.5, 0.6) is 11.5 Å². The van der Waals surface area contributed by atoms with E-state index in [9.17, 15) is 0 Å². The number of piperidine rings is 1. The summed E-state index contributed by atoms with van der Waals surface area (Å²) < 4.78 is 17.2. The van der Waals surface area contributed by atoms with Gasteiger partial charge in [-0.3, -0.25) is 4.90 Å². The second-order valence-corrected chi connectivity index (χ2v) is 10.4. The zero-order valence-electron chi connectivity index (χ0n) is 23.1. The van der Waals surface area contributed by atoms with Gasteiger partial charge in [0.15, 0.2) is 0 Å². The Morgan fingerprint density at radius 2 is 1.67 bits per heavy atom. The summed E-state index contributed by atoms with van der Waals surface area (Å²) >= 11 is 0. The monoisotopic (exact) mass is 524 g/mol. The number of nitrogens with one attached hydrogen (secondary N) is 1. The molecule has 4 aromatic rings. The highest BCUT2D eigenvalue weighted by molar-refractivity contribution is 5.82. The topological polar surface area (TPSA) is 43.0 Å². The molecule has 0 aromatic heterocycles. The molecule has 2 atom stereocenters. The fourth-order valence-electron chi connectivity index (χ4n) is 5.60. The first-order valence-corrected chi connectivity index (χ1v) is 14.0. The molecule has 4 aromatic carbocycles. The predicted octanol–water partition coefficient (Wildman–Crippen LogP) is 6.41. The number of hydrogen-bond donors (Lipinski definition) is 1. The normalized spacial score (nSPS) is 17.4. The van der Waals surface area contributed by atoms with Crippen LogP contribution in [0.25, 0.3) is 10.8 Å². The molecule has 1 aliphatic rings.